The van der Waals surface area contributed by atoms with Gasteiger partial charge < -0.3 is 10.2 Å². The van der Waals surface area contributed by atoms with E-state index in [-0.39, 0.29) is 5.91 Å². The Balaban J connectivity index is 1.65. The molecule has 0 bridgehead atoms. The number of carbonyl (C=O) groups excluding carboxylic acids is 1. The largest absolute Gasteiger partial charge is 0.338 e. The third-order valence-electron chi connectivity index (χ3n) is 5.19. The molecule has 1 amide bonds. The Hall–Kier alpha value is -0.870. The van der Waals surface area contributed by atoms with E-state index in [1.165, 1.54) is 16.9 Å². The SMILES string of the molecule is CCCc1cc(C(=O)N2CCC3(CCNC3)CC2)sc1C. The molecule has 0 radical (unpaired) electrons. The lowest BCUT2D eigenvalue weighted by Gasteiger charge is -2.38. The molecule has 3 nitrogen and oxygen atoms in total. The van der Waals surface area contributed by atoms with E-state index in [2.05, 4.69) is 30.1 Å². The average Bonchev–Trinajstić information content (AvgIpc) is 3.08. The molecule has 0 unspecified atom stereocenters. The van der Waals surface area contributed by atoms with Crippen LogP contribution in [0.25, 0.3) is 0 Å². The first kappa shape index (κ1) is 15.0. The van der Waals surface area contributed by atoms with Gasteiger partial charge in [0.2, 0.25) is 0 Å². The minimum Gasteiger partial charge on any atom is -0.338 e. The summed E-state index contributed by atoms with van der Waals surface area (Å²) in [7, 11) is 0. The molecular weight excluding hydrogens is 280 g/mol. The third-order valence-corrected chi connectivity index (χ3v) is 6.27. The number of aryl methyl sites for hydroxylation is 2. The first-order valence-electron chi connectivity index (χ1n) is 8.23. The lowest BCUT2D eigenvalue weighted by molar-refractivity contribution is 0.0612. The van der Waals surface area contributed by atoms with Gasteiger partial charge in [0.05, 0.1) is 4.88 Å². The molecule has 2 saturated heterocycles. The van der Waals surface area contributed by atoms with Gasteiger partial charge in [-0.1, -0.05) is 13.3 Å². The maximum Gasteiger partial charge on any atom is 0.263 e. The molecule has 1 N–H and O–H groups in total. The highest BCUT2D eigenvalue weighted by molar-refractivity contribution is 7.14. The number of nitrogens with one attached hydrogen (secondary N) is 1. The first-order valence-corrected chi connectivity index (χ1v) is 9.04. The van der Waals surface area contributed by atoms with Gasteiger partial charge in [0.25, 0.3) is 5.91 Å². The molecule has 1 spiro atoms. The summed E-state index contributed by atoms with van der Waals surface area (Å²) in [5.74, 6) is 0.256. The second-order valence-electron chi connectivity index (χ2n) is 6.66. The molecule has 4 heteroatoms. The van der Waals surface area contributed by atoms with Crippen molar-refractivity contribution in [1.82, 2.24) is 10.2 Å². The molecule has 0 saturated carbocycles. The van der Waals surface area contributed by atoms with E-state index in [4.69, 9.17) is 0 Å². The summed E-state index contributed by atoms with van der Waals surface area (Å²) in [4.78, 5) is 17.0. The van der Waals surface area contributed by atoms with Crippen molar-refractivity contribution < 1.29 is 4.79 Å². The van der Waals surface area contributed by atoms with E-state index >= 15 is 0 Å². The molecule has 3 heterocycles. The molecule has 21 heavy (non-hydrogen) atoms. The van der Waals surface area contributed by atoms with Crippen LogP contribution in [-0.2, 0) is 6.42 Å². The lowest BCUT2D eigenvalue weighted by atomic mass is 9.78. The summed E-state index contributed by atoms with van der Waals surface area (Å²) in [6.07, 6.45) is 5.85. The van der Waals surface area contributed by atoms with Crippen LogP contribution in [0.4, 0.5) is 0 Å². The summed E-state index contributed by atoms with van der Waals surface area (Å²) in [5.41, 5.74) is 1.84. The molecular formula is C17H26N2OS. The Morgan fingerprint density at radius 2 is 2.14 bits per heavy atom. The number of likely N-dealkylation sites (tertiary alicyclic amines) is 1. The summed E-state index contributed by atoms with van der Waals surface area (Å²) in [6.45, 7) is 8.49. The number of amides is 1. The summed E-state index contributed by atoms with van der Waals surface area (Å²) >= 11 is 1.68. The number of hydrogen-bond acceptors (Lipinski definition) is 3. The van der Waals surface area contributed by atoms with Crippen molar-refractivity contribution in [3.05, 3.63) is 21.4 Å². The van der Waals surface area contributed by atoms with Gasteiger partial charge in [-0.15, -0.1) is 11.3 Å². The highest BCUT2D eigenvalue weighted by Crippen LogP contribution is 2.37. The Morgan fingerprint density at radius 1 is 1.38 bits per heavy atom. The van der Waals surface area contributed by atoms with Crippen molar-refractivity contribution >= 4 is 17.2 Å². The normalized spacial score (nSPS) is 21.1. The number of thiophene rings is 1. The van der Waals surface area contributed by atoms with E-state index in [1.807, 2.05) is 0 Å². The zero-order valence-corrected chi connectivity index (χ0v) is 14.0. The smallest absolute Gasteiger partial charge is 0.263 e. The minimum absolute atomic E-state index is 0.256. The van der Waals surface area contributed by atoms with Crippen LogP contribution in [0.3, 0.4) is 0 Å². The fourth-order valence-electron chi connectivity index (χ4n) is 3.71. The van der Waals surface area contributed by atoms with Crippen LogP contribution in [0.5, 0.6) is 0 Å². The van der Waals surface area contributed by atoms with Gasteiger partial charge in [-0.2, -0.15) is 0 Å². The Bertz CT molecular complexity index is 507. The van der Waals surface area contributed by atoms with Gasteiger partial charge >= 0.3 is 0 Å². The average molecular weight is 306 g/mol. The Morgan fingerprint density at radius 3 is 2.76 bits per heavy atom. The minimum atomic E-state index is 0.256. The fraction of sp³-hybridized carbons (Fsp3) is 0.706. The molecule has 2 fully saturated rings. The van der Waals surface area contributed by atoms with Crippen molar-refractivity contribution in [3.63, 3.8) is 0 Å². The zero-order valence-electron chi connectivity index (χ0n) is 13.2. The van der Waals surface area contributed by atoms with Crippen LogP contribution < -0.4 is 5.32 Å². The van der Waals surface area contributed by atoms with Gasteiger partial charge in [-0.25, -0.2) is 0 Å². The van der Waals surface area contributed by atoms with Crippen molar-refractivity contribution in [2.75, 3.05) is 26.2 Å². The van der Waals surface area contributed by atoms with E-state index in [1.54, 1.807) is 11.3 Å². The van der Waals surface area contributed by atoms with Crippen LogP contribution >= 0.6 is 11.3 Å². The number of rotatable bonds is 3. The fourth-order valence-corrected chi connectivity index (χ4v) is 4.74. The molecule has 1 aromatic rings. The molecule has 1 aromatic heterocycles. The molecule has 116 valence electrons. The van der Waals surface area contributed by atoms with Crippen LogP contribution in [0.2, 0.25) is 0 Å². The predicted molar refractivity (Wildman–Crippen MR) is 88.1 cm³/mol. The summed E-state index contributed by atoms with van der Waals surface area (Å²) < 4.78 is 0. The van der Waals surface area contributed by atoms with Crippen molar-refractivity contribution in [3.8, 4) is 0 Å². The predicted octanol–water partition coefficient (Wildman–Crippen LogP) is 3.22. The van der Waals surface area contributed by atoms with Crippen molar-refractivity contribution in [1.29, 1.82) is 0 Å². The van der Waals surface area contributed by atoms with Crippen molar-refractivity contribution in [2.45, 2.75) is 46.0 Å². The lowest BCUT2D eigenvalue weighted by Crippen LogP contribution is -2.43. The van der Waals surface area contributed by atoms with Crippen LogP contribution in [0.15, 0.2) is 6.07 Å². The maximum atomic E-state index is 12.7. The Kier molecular flexibility index (Phi) is 4.36. The molecule has 2 aliphatic heterocycles. The Labute approximate surface area is 131 Å². The number of carbonyl (C=O) groups is 1. The van der Waals surface area contributed by atoms with Crippen LogP contribution in [0, 0.1) is 12.3 Å². The quantitative estimate of drug-likeness (QED) is 0.930. The monoisotopic (exact) mass is 306 g/mol. The number of hydrogen-bond donors (Lipinski definition) is 1. The molecule has 0 aromatic carbocycles. The van der Waals surface area contributed by atoms with E-state index in [0.29, 0.717) is 5.41 Å². The molecule has 0 aliphatic carbocycles. The van der Waals surface area contributed by atoms with Gasteiger partial charge in [0, 0.05) is 24.5 Å². The van der Waals surface area contributed by atoms with Gasteiger partial charge in [0.1, 0.15) is 0 Å². The second kappa shape index (κ2) is 6.09. The van der Waals surface area contributed by atoms with Gasteiger partial charge in [-0.3, -0.25) is 4.79 Å². The highest BCUT2D eigenvalue weighted by atomic mass is 32.1. The van der Waals surface area contributed by atoms with E-state index in [9.17, 15) is 4.79 Å². The van der Waals surface area contributed by atoms with Gasteiger partial charge in [-0.05, 0) is 56.2 Å². The summed E-state index contributed by atoms with van der Waals surface area (Å²) in [5, 5.41) is 3.48. The standard InChI is InChI=1S/C17H26N2OS/c1-3-4-14-11-15(21-13(14)2)16(20)19-9-6-17(7-10-19)5-8-18-12-17/h11,18H,3-10,12H2,1-2H3. The van der Waals surface area contributed by atoms with E-state index < -0.39 is 0 Å². The van der Waals surface area contributed by atoms with Gasteiger partial charge in [0.15, 0.2) is 0 Å². The van der Waals surface area contributed by atoms with Crippen LogP contribution in [0.1, 0.15) is 52.7 Å². The molecule has 3 rings (SSSR count). The molecule has 2 aliphatic rings. The van der Waals surface area contributed by atoms with E-state index in [0.717, 1.165) is 56.7 Å². The third kappa shape index (κ3) is 3.02. The van der Waals surface area contributed by atoms with Crippen molar-refractivity contribution in [2.24, 2.45) is 5.41 Å². The van der Waals surface area contributed by atoms with Crippen LogP contribution in [-0.4, -0.2) is 37.0 Å². The topological polar surface area (TPSA) is 32.3 Å². The summed E-state index contributed by atoms with van der Waals surface area (Å²) in [6, 6.07) is 2.13. The number of nitrogens with zero attached hydrogens (tertiary/aromatic N) is 1. The maximum absolute atomic E-state index is 12.7. The number of piperidine rings is 1. The highest BCUT2D eigenvalue weighted by Gasteiger charge is 2.38. The first-order chi connectivity index (χ1) is 10.1. The second-order valence-corrected chi connectivity index (χ2v) is 7.92. The zero-order chi connectivity index (χ0) is 14.9. The molecule has 0 atom stereocenters.